The number of nitro benzene ring substituents is 1. The lowest BCUT2D eigenvalue weighted by molar-refractivity contribution is -0.384. The van der Waals surface area contributed by atoms with E-state index in [9.17, 15) is 14.9 Å². The standard InChI is InChI=1S/C14H19N3O4/c1-2-15-7-9-16(10-8-15)14(18)11-21-13-5-3-12(4-6-13)17(19)20/h3-6H,2,7-11H2,1H3. The molecule has 0 radical (unpaired) electrons. The minimum Gasteiger partial charge on any atom is -0.484 e. The zero-order valence-electron chi connectivity index (χ0n) is 12.0. The summed E-state index contributed by atoms with van der Waals surface area (Å²) in [5.41, 5.74) is 0.00404. The number of ether oxygens (including phenoxy) is 1. The van der Waals surface area contributed by atoms with Gasteiger partial charge in [0.25, 0.3) is 11.6 Å². The lowest BCUT2D eigenvalue weighted by Crippen LogP contribution is -2.49. The number of piperazine rings is 1. The number of carbonyl (C=O) groups excluding carboxylic acids is 1. The molecule has 0 aromatic heterocycles. The molecular weight excluding hydrogens is 274 g/mol. The number of amides is 1. The zero-order valence-corrected chi connectivity index (χ0v) is 12.0. The number of nitrogens with zero attached hydrogens (tertiary/aromatic N) is 3. The molecule has 1 aliphatic heterocycles. The third-order valence-corrected chi connectivity index (χ3v) is 3.58. The van der Waals surface area contributed by atoms with Crippen molar-refractivity contribution < 1.29 is 14.5 Å². The fourth-order valence-electron chi connectivity index (χ4n) is 2.21. The van der Waals surface area contributed by atoms with E-state index >= 15 is 0 Å². The van der Waals surface area contributed by atoms with Crippen LogP contribution in [0.2, 0.25) is 0 Å². The van der Waals surface area contributed by atoms with Crippen LogP contribution in [0.4, 0.5) is 5.69 Å². The Morgan fingerprint density at radius 3 is 2.38 bits per heavy atom. The third kappa shape index (κ3) is 4.16. The normalized spacial score (nSPS) is 15.8. The Kier molecular flexibility index (Phi) is 5.10. The zero-order chi connectivity index (χ0) is 15.2. The van der Waals surface area contributed by atoms with Crippen molar-refractivity contribution in [2.45, 2.75) is 6.92 Å². The van der Waals surface area contributed by atoms with Crippen LogP contribution in [-0.4, -0.2) is 60.0 Å². The van der Waals surface area contributed by atoms with Crippen LogP contribution in [0.5, 0.6) is 5.75 Å². The topological polar surface area (TPSA) is 75.9 Å². The maximum absolute atomic E-state index is 12.0. The first-order valence-electron chi connectivity index (χ1n) is 6.97. The first-order valence-corrected chi connectivity index (χ1v) is 6.97. The number of rotatable bonds is 5. The maximum atomic E-state index is 12.0. The third-order valence-electron chi connectivity index (χ3n) is 3.58. The second kappa shape index (κ2) is 7.03. The summed E-state index contributed by atoms with van der Waals surface area (Å²) < 4.78 is 5.38. The summed E-state index contributed by atoms with van der Waals surface area (Å²) in [6.45, 7) is 6.28. The van der Waals surface area contributed by atoms with E-state index in [4.69, 9.17) is 4.74 Å². The van der Waals surface area contributed by atoms with Gasteiger partial charge in [-0.25, -0.2) is 0 Å². The molecule has 0 N–H and O–H groups in total. The average molecular weight is 293 g/mol. The molecule has 7 heteroatoms. The molecule has 114 valence electrons. The number of carbonyl (C=O) groups is 1. The van der Waals surface area contributed by atoms with Crippen molar-refractivity contribution in [2.24, 2.45) is 0 Å². The molecule has 1 fully saturated rings. The molecule has 0 saturated carbocycles. The van der Waals surface area contributed by atoms with Crippen LogP contribution in [-0.2, 0) is 4.79 Å². The van der Waals surface area contributed by atoms with Gasteiger partial charge in [-0.2, -0.15) is 0 Å². The monoisotopic (exact) mass is 293 g/mol. The van der Waals surface area contributed by atoms with Crippen LogP contribution >= 0.6 is 0 Å². The molecular formula is C14H19N3O4. The molecule has 7 nitrogen and oxygen atoms in total. The van der Waals surface area contributed by atoms with Gasteiger partial charge in [0.15, 0.2) is 6.61 Å². The van der Waals surface area contributed by atoms with Gasteiger partial charge < -0.3 is 14.5 Å². The summed E-state index contributed by atoms with van der Waals surface area (Å²) in [5, 5.41) is 10.5. The molecule has 1 aromatic rings. The van der Waals surface area contributed by atoms with Gasteiger partial charge in [0.05, 0.1) is 4.92 Å². The molecule has 0 bridgehead atoms. The van der Waals surface area contributed by atoms with Gasteiger partial charge in [0.1, 0.15) is 5.75 Å². The second-order valence-electron chi connectivity index (χ2n) is 4.85. The van der Waals surface area contributed by atoms with Gasteiger partial charge in [0.2, 0.25) is 0 Å². The van der Waals surface area contributed by atoms with Gasteiger partial charge >= 0.3 is 0 Å². The molecule has 0 aliphatic carbocycles. The molecule has 2 rings (SSSR count). The lowest BCUT2D eigenvalue weighted by Gasteiger charge is -2.33. The number of likely N-dealkylation sites (N-methyl/N-ethyl adjacent to an activating group) is 1. The van der Waals surface area contributed by atoms with Crippen LogP contribution in [0.3, 0.4) is 0 Å². The predicted molar refractivity (Wildman–Crippen MR) is 77.3 cm³/mol. The van der Waals surface area contributed by atoms with E-state index in [1.165, 1.54) is 24.3 Å². The van der Waals surface area contributed by atoms with Crippen molar-refractivity contribution in [2.75, 3.05) is 39.3 Å². The molecule has 0 unspecified atom stereocenters. The highest BCUT2D eigenvalue weighted by Gasteiger charge is 2.20. The van der Waals surface area contributed by atoms with Crippen molar-refractivity contribution in [3.8, 4) is 5.75 Å². The van der Waals surface area contributed by atoms with Crippen LogP contribution < -0.4 is 4.74 Å². The van der Waals surface area contributed by atoms with E-state index in [1.807, 2.05) is 0 Å². The summed E-state index contributed by atoms with van der Waals surface area (Å²) in [6, 6.07) is 5.72. The van der Waals surface area contributed by atoms with Gasteiger partial charge in [-0.15, -0.1) is 0 Å². The van der Waals surface area contributed by atoms with Crippen molar-refractivity contribution in [1.29, 1.82) is 0 Å². The molecule has 1 saturated heterocycles. The van der Waals surface area contributed by atoms with Gasteiger partial charge in [-0.1, -0.05) is 6.92 Å². The van der Waals surface area contributed by atoms with Crippen molar-refractivity contribution in [1.82, 2.24) is 9.80 Å². The van der Waals surface area contributed by atoms with E-state index in [-0.39, 0.29) is 18.2 Å². The summed E-state index contributed by atoms with van der Waals surface area (Å²) >= 11 is 0. The molecule has 1 aromatic carbocycles. The Hall–Kier alpha value is -2.15. The smallest absolute Gasteiger partial charge is 0.269 e. The SMILES string of the molecule is CCN1CCN(C(=O)COc2ccc([N+](=O)[O-])cc2)CC1. The van der Waals surface area contributed by atoms with Crippen LogP contribution in [0.1, 0.15) is 6.92 Å². The first kappa shape index (κ1) is 15.2. The highest BCUT2D eigenvalue weighted by atomic mass is 16.6. The number of benzene rings is 1. The Morgan fingerprint density at radius 1 is 1.24 bits per heavy atom. The highest BCUT2D eigenvalue weighted by molar-refractivity contribution is 5.77. The molecule has 1 amide bonds. The second-order valence-corrected chi connectivity index (χ2v) is 4.85. The van der Waals surface area contributed by atoms with Gasteiger partial charge in [-0.05, 0) is 18.7 Å². The van der Waals surface area contributed by atoms with Crippen LogP contribution in [0, 0.1) is 10.1 Å². The minimum atomic E-state index is -0.470. The lowest BCUT2D eigenvalue weighted by atomic mass is 10.3. The summed E-state index contributed by atoms with van der Waals surface area (Å²) in [6.07, 6.45) is 0. The van der Waals surface area contributed by atoms with Gasteiger partial charge in [0, 0.05) is 38.3 Å². The minimum absolute atomic E-state index is 0.00404. The quantitative estimate of drug-likeness (QED) is 0.601. The summed E-state index contributed by atoms with van der Waals surface area (Å²) in [7, 11) is 0. The van der Waals surface area contributed by atoms with E-state index in [2.05, 4.69) is 11.8 Å². The van der Waals surface area contributed by atoms with E-state index in [1.54, 1.807) is 4.90 Å². The van der Waals surface area contributed by atoms with Gasteiger partial charge in [-0.3, -0.25) is 14.9 Å². The Labute approximate surface area is 123 Å². The van der Waals surface area contributed by atoms with Crippen molar-refractivity contribution in [3.05, 3.63) is 34.4 Å². The fourth-order valence-corrected chi connectivity index (χ4v) is 2.21. The average Bonchev–Trinajstić information content (AvgIpc) is 2.53. The van der Waals surface area contributed by atoms with E-state index in [0.29, 0.717) is 5.75 Å². The largest absolute Gasteiger partial charge is 0.484 e. The molecule has 21 heavy (non-hydrogen) atoms. The molecule has 1 aliphatic rings. The summed E-state index contributed by atoms with van der Waals surface area (Å²) in [5.74, 6) is 0.408. The molecule has 0 spiro atoms. The first-order chi connectivity index (χ1) is 10.1. The van der Waals surface area contributed by atoms with Crippen molar-refractivity contribution in [3.63, 3.8) is 0 Å². The van der Waals surface area contributed by atoms with Crippen LogP contribution in [0.15, 0.2) is 24.3 Å². The number of hydrogen-bond donors (Lipinski definition) is 0. The predicted octanol–water partition coefficient (Wildman–Crippen LogP) is 1.14. The summed E-state index contributed by atoms with van der Waals surface area (Å²) in [4.78, 5) is 26.2. The van der Waals surface area contributed by atoms with Crippen LogP contribution in [0.25, 0.3) is 0 Å². The maximum Gasteiger partial charge on any atom is 0.269 e. The van der Waals surface area contributed by atoms with Crippen molar-refractivity contribution >= 4 is 11.6 Å². The Balaban J connectivity index is 1.80. The number of non-ortho nitro benzene ring substituents is 1. The van der Waals surface area contributed by atoms with E-state index < -0.39 is 4.92 Å². The highest BCUT2D eigenvalue weighted by Crippen LogP contribution is 2.17. The Morgan fingerprint density at radius 2 is 1.86 bits per heavy atom. The number of hydrogen-bond acceptors (Lipinski definition) is 5. The molecule has 0 atom stereocenters. The van der Waals surface area contributed by atoms with E-state index in [0.717, 1.165) is 32.7 Å². The number of nitro groups is 1. The Bertz CT molecular complexity index is 495. The fraction of sp³-hybridized carbons (Fsp3) is 0.500. The molecule has 1 heterocycles.